The lowest BCUT2D eigenvalue weighted by Crippen LogP contribution is -2.03. The maximum absolute atomic E-state index is 5.82. The maximum atomic E-state index is 5.82. The molecule has 0 saturated carbocycles. The zero-order valence-corrected chi connectivity index (χ0v) is 10.1. The van der Waals surface area contributed by atoms with Crippen molar-refractivity contribution in [2.75, 3.05) is 29.6 Å². The second-order valence-electron chi connectivity index (χ2n) is 3.57. The Morgan fingerprint density at radius 2 is 2.00 bits per heavy atom. The van der Waals surface area contributed by atoms with Crippen molar-refractivity contribution in [3.63, 3.8) is 0 Å². The fourth-order valence-corrected chi connectivity index (χ4v) is 1.92. The molecular formula is C12H20N2S. The van der Waals surface area contributed by atoms with Crippen LogP contribution in [0.4, 0.5) is 11.4 Å². The number of benzene rings is 1. The van der Waals surface area contributed by atoms with Crippen LogP contribution in [0.15, 0.2) is 24.3 Å². The molecule has 0 aliphatic carbocycles. The predicted molar refractivity (Wildman–Crippen MR) is 71.6 cm³/mol. The van der Waals surface area contributed by atoms with Gasteiger partial charge in [0, 0.05) is 6.54 Å². The number of unbranched alkanes of at least 4 members (excludes halogenated alkanes) is 2. The fourth-order valence-electron chi connectivity index (χ4n) is 1.43. The summed E-state index contributed by atoms with van der Waals surface area (Å²) in [5.41, 5.74) is 7.71. The summed E-state index contributed by atoms with van der Waals surface area (Å²) in [7, 11) is 0. The summed E-state index contributed by atoms with van der Waals surface area (Å²) in [5.74, 6) is 1.27. The topological polar surface area (TPSA) is 38.0 Å². The lowest BCUT2D eigenvalue weighted by atomic mass is 10.2. The lowest BCUT2D eigenvalue weighted by Gasteiger charge is -2.08. The molecule has 15 heavy (non-hydrogen) atoms. The normalized spacial score (nSPS) is 10.2. The van der Waals surface area contributed by atoms with Gasteiger partial charge in [0.25, 0.3) is 0 Å². The molecule has 0 heterocycles. The van der Waals surface area contributed by atoms with Gasteiger partial charge >= 0.3 is 0 Å². The Hall–Kier alpha value is -0.830. The molecule has 3 heteroatoms. The number of rotatable bonds is 7. The molecule has 0 atom stereocenters. The van der Waals surface area contributed by atoms with Crippen LogP contribution in [0.3, 0.4) is 0 Å². The Bertz CT molecular complexity index is 276. The summed E-state index contributed by atoms with van der Waals surface area (Å²) in [6.07, 6.45) is 5.98. The van der Waals surface area contributed by atoms with Crippen molar-refractivity contribution in [3.05, 3.63) is 24.3 Å². The Kier molecular flexibility index (Phi) is 6.09. The summed E-state index contributed by atoms with van der Waals surface area (Å²) in [6, 6.07) is 7.92. The molecule has 0 aliphatic rings. The molecule has 0 radical (unpaired) electrons. The molecule has 1 rings (SSSR count). The van der Waals surface area contributed by atoms with E-state index in [1.165, 1.54) is 25.0 Å². The molecule has 0 amide bonds. The summed E-state index contributed by atoms with van der Waals surface area (Å²) < 4.78 is 0. The van der Waals surface area contributed by atoms with Crippen molar-refractivity contribution in [1.29, 1.82) is 0 Å². The third kappa shape index (κ3) is 4.98. The molecular weight excluding hydrogens is 204 g/mol. The van der Waals surface area contributed by atoms with Crippen LogP contribution in [0, 0.1) is 0 Å². The highest BCUT2D eigenvalue weighted by Crippen LogP contribution is 2.16. The first-order chi connectivity index (χ1) is 7.34. The van der Waals surface area contributed by atoms with Gasteiger partial charge in [0.2, 0.25) is 0 Å². The third-order valence-corrected chi connectivity index (χ3v) is 3.00. The van der Waals surface area contributed by atoms with Crippen LogP contribution < -0.4 is 11.1 Å². The molecule has 1 aromatic carbocycles. The second-order valence-corrected chi connectivity index (χ2v) is 4.55. The Labute approximate surface area is 96.6 Å². The van der Waals surface area contributed by atoms with Crippen LogP contribution >= 0.6 is 11.8 Å². The molecule has 0 aliphatic heterocycles. The zero-order chi connectivity index (χ0) is 10.9. The monoisotopic (exact) mass is 224 g/mol. The number of thioether (sulfide) groups is 1. The van der Waals surface area contributed by atoms with Crippen molar-refractivity contribution >= 4 is 23.1 Å². The van der Waals surface area contributed by atoms with Crippen LogP contribution in [0.1, 0.15) is 19.3 Å². The lowest BCUT2D eigenvalue weighted by molar-refractivity contribution is 0.750. The Balaban J connectivity index is 2.12. The van der Waals surface area contributed by atoms with Gasteiger partial charge in [0.05, 0.1) is 11.4 Å². The molecule has 84 valence electrons. The van der Waals surface area contributed by atoms with Gasteiger partial charge in [-0.2, -0.15) is 11.8 Å². The molecule has 0 spiro atoms. The first kappa shape index (κ1) is 12.2. The molecule has 0 bridgehead atoms. The van der Waals surface area contributed by atoms with E-state index in [-0.39, 0.29) is 0 Å². The van der Waals surface area contributed by atoms with E-state index in [4.69, 9.17) is 5.73 Å². The van der Waals surface area contributed by atoms with Crippen LogP contribution in [0.25, 0.3) is 0 Å². The molecule has 0 fully saturated rings. The summed E-state index contributed by atoms with van der Waals surface area (Å²) in [5, 5.41) is 3.36. The van der Waals surface area contributed by atoms with Gasteiger partial charge in [-0.05, 0) is 37.0 Å². The quantitative estimate of drug-likeness (QED) is 0.551. The van der Waals surface area contributed by atoms with Gasteiger partial charge in [-0.1, -0.05) is 18.6 Å². The van der Waals surface area contributed by atoms with Crippen LogP contribution in [0.5, 0.6) is 0 Å². The number of nitrogens with one attached hydrogen (secondary N) is 1. The van der Waals surface area contributed by atoms with Gasteiger partial charge in [-0.25, -0.2) is 0 Å². The van der Waals surface area contributed by atoms with Gasteiger partial charge in [-0.3, -0.25) is 0 Å². The zero-order valence-electron chi connectivity index (χ0n) is 9.33. The predicted octanol–water partition coefficient (Wildman–Crippen LogP) is 3.21. The van der Waals surface area contributed by atoms with Crippen molar-refractivity contribution in [2.45, 2.75) is 19.3 Å². The van der Waals surface area contributed by atoms with E-state index in [1.807, 2.05) is 36.0 Å². The number of hydrogen-bond donors (Lipinski definition) is 2. The smallest absolute Gasteiger partial charge is 0.0573 e. The molecule has 0 unspecified atom stereocenters. The van der Waals surface area contributed by atoms with Crippen molar-refractivity contribution in [3.8, 4) is 0 Å². The first-order valence-electron chi connectivity index (χ1n) is 5.42. The number of nitrogens with two attached hydrogens (primary N) is 1. The minimum atomic E-state index is 0.835. The van der Waals surface area contributed by atoms with E-state index in [0.717, 1.165) is 17.9 Å². The molecule has 0 aromatic heterocycles. The minimum absolute atomic E-state index is 0.835. The highest BCUT2D eigenvalue weighted by molar-refractivity contribution is 7.98. The standard InChI is InChI=1S/C12H20N2S/c1-15-10-6-2-5-9-14-12-8-4-3-7-11(12)13/h3-4,7-8,14H,2,5-6,9-10,13H2,1H3. The van der Waals surface area contributed by atoms with E-state index in [0.29, 0.717) is 0 Å². The Morgan fingerprint density at radius 1 is 1.20 bits per heavy atom. The highest BCUT2D eigenvalue weighted by Gasteiger charge is 1.95. The number of nitrogen functional groups attached to an aromatic ring is 1. The second kappa shape index (κ2) is 7.46. The molecule has 0 saturated heterocycles. The summed E-state index contributed by atoms with van der Waals surface area (Å²) >= 11 is 1.92. The van der Waals surface area contributed by atoms with E-state index in [1.54, 1.807) is 0 Å². The van der Waals surface area contributed by atoms with Gasteiger partial charge < -0.3 is 11.1 Å². The summed E-state index contributed by atoms with van der Waals surface area (Å²) in [4.78, 5) is 0. The first-order valence-corrected chi connectivity index (χ1v) is 6.81. The molecule has 2 nitrogen and oxygen atoms in total. The molecule has 3 N–H and O–H groups in total. The van der Waals surface area contributed by atoms with Gasteiger partial charge in [0.15, 0.2) is 0 Å². The third-order valence-electron chi connectivity index (χ3n) is 2.30. The average molecular weight is 224 g/mol. The summed E-state index contributed by atoms with van der Waals surface area (Å²) in [6.45, 7) is 1.02. The van der Waals surface area contributed by atoms with E-state index in [9.17, 15) is 0 Å². The number of para-hydroxylation sites is 2. The largest absolute Gasteiger partial charge is 0.397 e. The minimum Gasteiger partial charge on any atom is -0.397 e. The van der Waals surface area contributed by atoms with Crippen LogP contribution in [-0.4, -0.2) is 18.6 Å². The number of anilines is 2. The van der Waals surface area contributed by atoms with E-state index < -0.39 is 0 Å². The SMILES string of the molecule is CSCCCCCNc1ccccc1N. The average Bonchev–Trinajstić information content (AvgIpc) is 2.25. The number of hydrogen-bond acceptors (Lipinski definition) is 3. The van der Waals surface area contributed by atoms with Gasteiger partial charge in [0.1, 0.15) is 0 Å². The van der Waals surface area contributed by atoms with Crippen molar-refractivity contribution < 1.29 is 0 Å². The Morgan fingerprint density at radius 3 is 2.73 bits per heavy atom. The van der Waals surface area contributed by atoms with Gasteiger partial charge in [-0.15, -0.1) is 0 Å². The maximum Gasteiger partial charge on any atom is 0.0573 e. The van der Waals surface area contributed by atoms with Crippen LogP contribution in [0.2, 0.25) is 0 Å². The highest BCUT2D eigenvalue weighted by atomic mass is 32.2. The van der Waals surface area contributed by atoms with E-state index >= 15 is 0 Å². The fraction of sp³-hybridized carbons (Fsp3) is 0.500. The van der Waals surface area contributed by atoms with Crippen LogP contribution in [-0.2, 0) is 0 Å². The van der Waals surface area contributed by atoms with Crippen molar-refractivity contribution in [1.82, 2.24) is 0 Å². The van der Waals surface area contributed by atoms with E-state index in [2.05, 4.69) is 11.6 Å². The van der Waals surface area contributed by atoms with Crippen molar-refractivity contribution in [2.24, 2.45) is 0 Å². The molecule has 1 aromatic rings.